The van der Waals surface area contributed by atoms with Gasteiger partial charge in [-0.3, -0.25) is 4.79 Å². The molecule has 0 fully saturated rings. The molecule has 0 aliphatic carbocycles. The Labute approximate surface area is 102 Å². The SMILES string of the molecule is CCCC(c1ccccc1OC)C(C)C(=O)O. The van der Waals surface area contributed by atoms with Gasteiger partial charge in [-0.15, -0.1) is 0 Å². The molecule has 2 unspecified atom stereocenters. The van der Waals surface area contributed by atoms with Crippen molar-refractivity contribution in [2.24, 2.45) is 5.92 Å². The predicted octanol–water partition coefficient (Wildman–Crippen LogP) is 3.30. The molecule has 0 aromatic heterocycles. The van der Waals surface area contributed by atoms with Gasteiger partial charge in [0.2, 0.25) is 0 Å². The minimum Gasteiger partial charge on any atom is -0.496 e. The van der Waals surface area contributed by atoms with E-state index in [1.165, 1.54) is 0 Å². The van der Waals surface area contributed by atoms with E-state index in [9.17, 15) is 4.79 Å². The van der Waals surface area contributed by atoms with Gasteiger partial charge < -0.3 is 9.84 Å². The van der Waals surface area contributed by atoms with Crippen molar-refractivity contribution in [3.8, 4) is 5.75 Å². The number of para-hydroxylation sites is 1. The summed E-state index contributed by atoms with van der Waals surface area (Å²) in [6, 6.07) is 7.66. The molecule has 3 heteroatoms. The third kappa shape index (κ3) is 3.22. The average molecular weight is 236 g/mol. The fraction of sp³-hybridized carbons (Fsp3) is 0.500. The molecule has 1 aromatic rings. The summed E-state index contributed by atoms with van der Waals surface area (Å²) in [5, 5.41) is 9.16. The first-order valence-electron chi connectivity index (χ1n) is 5.97. The summed E-state index contributed by atoms with van der Waals surface area (Å²) in [4.78, 5) is 11.1. The van der Waals surface area contributed by atoms with Gasteiger partial charge in [0.05, 0.1) is 13.0 Å². The van der Waals surface area contributed by atoms with Crippen LogP contribution in [0.15, 0.2) is 24.3 Å². The number of ether oxygens (including phenoxy) is 1. The van der Waals surface area contributed by atoms with Crippen molar-refractivity contribution in [2.45, 2.75) is 32.6 Å². The Morgan fingerprint density at radius 3 is 2.59 bits per heavy atom. The van der Waals surface area contributed by atoms with Gasteiger partial charge in [0, 0.05) is 5.92 Å². The first-order valence-corrected chi connectivity index (χ1v) is 5.97. The van der Waals surface area contributed by atoms with E-state index in [1.807, 2.05) is 24.3 Å². The molecule has 94 valence electrons. The van der Waals surface area contributed by atoms with Crippen LogP contribution in [-0.2, 0) is 4.79 Å². The normalized spacial score (nSPS) is 14.1. The fourth-order valence-corrected chi connectivity index (χ4v) is 2.13. The van der Waals surface area contributed by atoms with Crippen LogP contribution in [0, 0.1) is 5.92 Å². The van der Waals surface area contributed by atoms with Crippen LogP contribution in [0.3, 0.4) is 0 Å². The topological polar surface area (TPSA) is 46.5 Å². The lowest BCUT2D eigenvalue weighted by Gasteiger charge is -2.22. The van der Waals surface area contributed by atoms with E-state index in [2.05, 4.69) is 6.92 Å². The van der Waals surface area contributed by atoms with E-state index >= 15 is 0 Å². The lowest BCUT2D eigenvalue weighted by molar-refractivity contribution is -0.142. The molecule has 0 amide bonds. The highest BCUT2D eigenvalue weighted by atomic mass is 16.5. The standard InChI is InChI=1S/C14H20O3/c1-4-7-11(10(2)14(15)16)12-8-5-6-9-13(12)17-3/h5-6,8-11H,4,7H2,1-3H3,(H,15,16). The summed E-state index contributed by atoms with van der Waals surface area (Å²) in [5.41, 5.74) is 0.992. The van der Waals surface area contributed by atoms with E-state index in [-0.39, 0.29) is 5.92 Å². The number of carbonyl (C=O) groups is 1. The molecule has 0 aliphatic heterocycles. The molecule has 0 bridgehead atoms. The van der Waals surface area contributed by atoms with Gasteiger partial charge in [-0.2, -0.15) is 0 Å². The zero-order valence-corrected chi connectivity index (χ0v) is 10.6. The van der Waals surface area contributed by atoms with Crippen molar-refractivity contribution in [1.82, 2.24) is 0 Å². The number of methoxy groups -OCH3 is 1. The molecule has 0 radical (unpaired) electrons. The first-order chi connectivity index (χ1) is 8.11. The molecule has 0 aliphatic rings. The molecular formula is C14H20O3. The Morgan fingerprint density at radius 1 is 1.41 bits per heavy atom. The van der Waals surface area contributed by atoms with E-state index in [0.717, 1.165) is 24.2 Å². The molecule has 1 N–H and O–H groups in total. The van der Waals surface area contributed by atoms with Crippen molar-refractivity contribution in [2.75, 3.05) is 7.11 Å². The zero-order valence-electron chi connectivity index (χ0n) is 10.6. The van der Waals surface area contributed by atoms with Crippen LogP contribution in [-0.4, -0.2) is 18.2 Å². The summed E-state index contributed by atoms with van der Waals surface area (Å²) < 4.78 is 5.31. The number of benzene rings is 1. The van der Waals surface area contributed by atoms with Crippen LogP contribution in [0.2, 0.25) is 0 Å². The van der Waals surface area contributed by atoms with Gasteiger partial charge in [-0.1, -0.05) is 38.5 Å². The highest BCUT2D eigenvalue weighted by molar-refractivity contribution is 5.71. The Balaban J connectivity index is 3.08. The molecule has 1 aromatic carbocycles. The highest BCUT2D eigenvalue weighted by Crippen LogP contribution is 2.35. The van der Waals surface area contributed by atoms with Crippen molar-refractivity contribution >= 4 is 5.97 Å². The monoisotopic (exact) mass is 236 g/mol. The minimum atomic E-state index is -0.755. The van der Waals surface area contributed by atoms with Crippen molar-refractivity contribution in [3.63, 3.8) is 0 Å². The zero-order chi connectivity index (χ0) is 12.8. The van der Waals surface area contributed by atoms with Crippen LogP contribution in [0.5, 0.6) is 5.75 Å². The largest absolute Gasteiger partial charge is 0.496 e. The second kappa shape index (κ2) is 6.28. The quantitative estimate of drug-likeness (QED) is 0.824. The molecule has 3 nitrogen and oxygen atoms in total. The summed E-state index contributed by atoms with van der Waals surface area (Å²) in [6.07, 6.45) is 1.81. The van der Waals surface area contributed by atoms with Crippen LogP contribution in [0.25, 0.3) is 0 Å². The minimum absolute atomic E-state index is 0.00801. The maximum absolute atomic E-state index is 11.1. The molecule has 0 saturated heterocycles. The van der Waals surface area contributed by atoms with E-state index in [4.69, 9.17) is 9.84 Å². The second-order valence-electron chi connectivity index (χ2n) is 4.26. The summed E-state index contributed by atoms with van der Waals surface area (Å²) in [7, 11) is 1.62. The molecular weight excluding hydrogens is 216 g/mol. The van der Waals surface area contributed by atoms with Gasteiger partial charge in [0.1, 0.15) is 5.75 Å². The number of hydrogen-bond donors (Lipinski definition) is 1. The van der Waals surface area contributed by atoms with Crippen LogP contribution >= 0.6 is 0 Å². The van der Waals surface area contributed by atoms with Crippen LogP contribution in [0.1, 0.15) is 38.2 Å². The predicted molar refractivity (Wildman–Crippen MR) is 67.4 cm³/mol. The maximum Gasteiger partial charge on any atom is 0.306 e. The lowest BCUT2D eigenvalue weighted by atomic mass is 9.83. The summed E-state index contributed by atoms with van der Waals surface area (Å²) >= 11 is 0. The van der Waals surface area contributed by atoms with Crippen molar-refractivity contribution < 1.29 is 14.6 Å². The van der Waals surface area contributed by atoms with Crippen LogP contribution in [0.4, 0.5) is 0 Å². The highest BCUT2D eigenvalue weighted by Gasteiger charge is 2.26. The van der Waals surface area contributed by atoms with Crippen molar-refractivity contribution in [1.29, 1.82) is 0 Å². The maximum atomic E-state index is 11.1. The van der Waals surface area contributed by atoms with Gasteiger partial charge in [0.15, 0.2) is 0 Å². The van der Waals surface area contributed by atoms with E-state index < -0.39 is 11.9 Å². The van der Waals surface area contributed by atoms with Gasteiger partial charge in [-0.05, 0) is 18.1 Å². The number of carboxylic acid groups (broad SMARTS) is 1. The second-order valence-corrected chi connectivity index (χ2v) is 4.26. The molecule has 2 atom stereocenters. The van der Waals surface area contributed by atoms with E-state index in [1.54, 1.807) is 14.0 Å². The van der Waals surface area contributed by atoms with Gasteiger partial charge in [0.25, 0.3) is 0 Å². The van der Waals surface area contributed by atoms with Crippen molar-refractivity contribution in [3.05, 3.63) is 29.8 Å². The third-order valence-electron chi connectivity index (χ3n) is 3.13. The number of aliphatic carboxylic acids is 1. The molecule has 17 heavy (non-hydrogen) atoms. The third-order valence-corrected chi connectivity index (χ3v) is 3.13. The number of hydrogen-bond acceptors (Lipinski definition) is 2. The summed E-state index contributed by atoms with van der Waals surface area (Å²) in [6.45, 7) is 3.83. The molecule has 1 rings (SSSR count). The Hall–Kier alpha value is -1.51. The van der Waals surface area contributed by atoms with Gasteiger partial charge in [-0.25, -0.2) is 0 Å². The smallest absolute Gasteiger partial charge is 0.306 e. The molecule has 0 heterocycles. The first kappa shape index (κ1) is 13.6. The van der Waals surface area contributed by atoms with E-state index in [0.29, 0.717) is 0 Å². The fourth-order valence-electron chi connectivity index (χ4n) is 2.13. The van der Waals surface area contributed by atoms with Crippen LogP contribution < -0.4 is 4.74 Å². The molecule has 0 saturated carbocycles. The Kier molecular flexibility index (Phi) is 5.01. The summed E-state index contributed by atoms with van der Waals surface area (Å²) in [5.74, 6) is -0.367. The molecule has 0 spiro atoms. The average Bonchev–Trinajstić information content (AvgIpc) is 2.35. The number of carboxylic acids is 1. The van der Waals surface area contributed by atoms with Gasteiger partial charge >= 0.3 is 5.97 Å². The Morgan fingerprint density at radius 2 is 2.06 bits per heavy atom. The lowest BCUT2D eigenvalue weighted by Crippen LogP contribution is -2.19. The Bertz CT molecular complexity index is 373. The number of rotatable bonds is 6.